The summed E-state index contributed by atoms with van der Waals surface area (Å²) >= 11 is 5.73. The van der Waals surface area contributed by atoms with E-state index in [-0.39, 0.29) is 5.69 Å². The fourth-order valence-corrected chi connectivity index (χ4v) is 2.36. The molecule has 0 spiro atoms. The molecule has 0 saturated carbocycles. The van der Waals surface area contributed by atoms with E-state index in [1.807, 2.05) is 0 Å². The summed E-state index contributed by atoms with van der Waals surface area (Å²) in [5, 5.41) is 1.58. The number of nitrogens with one attached hydrogen (secondary N) is 1. The Morgan fingerprint density at radius 2 is 1.85 bits per heavy atom. The molecule has 1 aromatic heterocycles. The highest BCUT2D eigenvalue weighted by molar-refractivity contribution is 7.95. The van der Waals surface area contributed by atoms with Crippen LogP contribution < -0.4 is 4.72 Å². The first-order chi connectivity index (χ1) is 9.44. The monoisotopic (exact) mass is 312 g/mol. The van der Waals surface area contributed by atoms with E-state index >= 15 is 0 Å². The minimum Gasteiger partial charge on any atom is -0.279 e. The van der Waals surface area contributed by atoms with Gasteiger partial charge in [-0.05, 0) is 35.9 Å². The Morgan fingerprint density at radius 3 is 2.45 bits per heavy atom. The molecule has 2 rings (SSSR count). The smallest absolute Gasteiger partial charge is 0.255 e. The normalized spacial score (nSPS) is 11.7. The topological polar surface area (TPSA) is 59.1 Å². The summed E-state index contributed by atoms with van der Waals surface area (Å²) in [5.41, 5.74) is 0.879. The molecule has 0 aliphatic rings. The first-order valence-electron chi connectivity index (χ1n) is 5.53. The second-order valence-corrected chi connectivity index (χ2v) is 5.87. The highest BCUT2D eigenvalue weighted by Gasteiger charge is 2.05. The molecule has 1 aromatic carbocycles. The van der Waals surface area contributed by atoms with E-state index in [2.05, 4.69) is 9.71 Å². The van der Waals surface area contributed by atoms with Crippen molar-refractivity contribution < 1.29 is 12.8 Å². The summed E-state index contributed by atoms with van der Waals surface area (Å²) in [7, 11) is -3.68. The van der Waals surface area contributed by atoms with Crippen LogP contribution in [0.15, 0.2) is 48.0 Å². The SMILES string of the molecule is O=S(=O)(/C=C/c1ccc(Cl)cc1)Nc1ccc(F)nc1. The van der Waals surface area contributed by atoms with Crippen molar-refractivity contribution in [1.82, 2.24) is 4.98 Å². The lowest BCUT2D eigenvalue weighted by atomic mass is 10.2. The molecule has 104 valence electrons. The number of rotatable bonds is 4. The lowest BCUT2D eigenvalue weighted by Gasteiger charge is -2.03. The maximum atomic E-state index is 12.6. The van der Waals surface area contributed by atoms with Crippen LogP contribution >= 0.6 is 11.6 Å². The first-order valence-corrected chi connectivity index (χ1v) is 7.45. The minimum atomic E-state index is -3.68. The molecule has 0 aliphatic carbocycles. The molecular formula is C13H10ClFN2O2S. The maximum absolute atomic E-state index is 12.6. The molecule has 0 bridgehead atoms. The van der Waals surface area contributed by atoms with Gasteiger partial charge in [-0.1, -0.05) is 23.7 Å². The van der Waals surface area contributed by atoms with Crippen molar-refractivity contribution in [3.8, 4) is 0 Å². The van der Waals surface area contributed by atoms with E-state index in [4.69, 9.17) is 11.6 Å². The van der Waals surface area contributed by atoms with Crippen molar-refractivity contribution in [3.63, 3.8) is 0 Å². The van der Waals surface area contributed by atoms with Crippen LogP contribution in [0.25, 0.3) is 6.08 Å². The number of halogens is 2. The summed E-state index contributed by atoms with van der Waals surface area (Å²) in [6, 6.07) is 9.05. The van der Waals surface area contributed by atoms with Gasteiger partial charge in [-0.25, -0.2) is 13.4 Å². The molecule has 0 unspecified atom stereocenters. The number of sulfonamides is 1. The average molecular weight is 313 g/mol. The lowest BCUT2D eigenvalue weighted by Crippen LogP contribution is -2.09. The van der Waals surface area contributed by atoms with Gasteiger partial charge in [-0.2, -0.15) is 4.39 Å². The van der Waals surface area contributed by atoms with Crippen molar-refractivity contribution in [2.24, 2.45) is 0 Å². The Balaban J connectivity index is 2.11. The van der Waals surface area contributed by atoms with Crippen LogP contribution in [0.3, 0.4) is 0 Å². The predicted octanol–water partition coefficient (Wildman–Crippen LogP) is 3.29. The standard InChI is InChI=1S/C13H10ClFN2O2S/c14-11-3-1-10(2-4-11)7-8-20(18,19)17-12-5-6-13(15)16-9-12/h1-9,17H/b8-7+. The molecule has 1 N–H and O–H groups in total. The van der Waals surface area contributed by atoms with Gasteiger partial charge >= 0.3 is 0 Å². The van der Waals surface area contributed by atoms with Crippen LogP contribution in [0.5, 0.6) is 0 Å². The molecule has 0 radical (unpaired) electrons. The summed E-state index contributed by atoms with van der Waals surface area (Å²) < 4.78 is 38.4. The molecule has 0 atom stereocenters. The third-order valence-corrected chi connectivity index (χ3v) is 3.56. The number of aromatic nitrogens is 1. The summed E-state index contributed by atoms with van der Waals surface area (Å²) in [6.45, 7) is 0. The zero-order valence-corrected chi connectivity index (χ0v) is 11.7. The number of benzene rings is 1. The van der Waals surface area contributed by atoms with Crippen molar-refractivity contribution in [1.29, 1.82) is 0 Å². The fraction of sp³-hybridized carbons (Fsp3) is 0. The molecule has 1 heterocycles. The van der Waals surface area contributed by atoms with Gasteiger partial charge in [0.1, 0.15) is 0 Å². The van der Waals surface area contributed by atoms with Gasteiger partial charge < -0.3 is 0 Å². The van der Waals surface area contributed by atoms with Gasteiger partial charge in [0.25, 0.3) is 10.0 Å². The van der Waals surface area contributed by atoms with Crippen LogP contribution in [0, 0.1) is 5.95 Å². The largest absolute Gasteiger partial charge is 0.279 e. The van der Waals surface area contributed by atoms with Crippen LogP contribution in [0.4, 0.5) is 10.1 Å². The van der Waals surface area contributed by atoms with Crippen molar-refractivity contribution >= 4 is 33.4 Å². The van der Waals surface area contributed by atoms with Gasteiger partial charge in [-0.3, -0.25) is 4.72 Å². The molecule has 20 heavy (non-hydrogen) atoms. The minimum absolute atomic E-state index is 0.187. The summed E-state index contributed by atoms with van der Waals surface area (Å²) in [4.78, 5) is 3.36. The van der Waals surface area contributed by atoms with Gasteiger partial charge in [0.15, 0.2) is 0 Å². The van der Waals surface area contributed by atoms with E-state index in [1.165, 1.54) is 12.1 Å². The van der Waals surface area contributed by atoms with Crippen molar-refractivity contribution in [3.05, 3.63) is 64.5 Å². The second kappa shape index (κ2) is 6.02. The molecular weight excluding hydrogens is 303 g/mol. The van der Waals surface area contributed by atoms with Crippen LogP contribution in [0.1, 0.15) is 5.56 Å². The van der Waals surface area contributed by atoms with Crippen molar-refractivity contribution in [2.75, 3.05) is 4.72 Å². The molecule has 0 saturated heterocycles. The Morgan fingerprint density at radius 1 is 1.15 bits per heavy atom. The fourth-order valence-electron chi connectivity index (χ4n) is 1.38. The van der Waals surface area contributed by atoms with E-state index < -0.39 is 16.0 Å². The first kappa shape index (κ1) is 14.5. The number of hydrogen-bond donors (Lipinski definition) is 1. The van der Waals surface area contributed by atoms with Gasteiger partial charge in [-0.15, -0.1) is 0 Å². The zero-order valence-electron chi connectivity index (χ0n) is 10.1. The number of anilines is 1. The van der Waals surface area contributed by atoms with Gasteiger partial charge in [0.2, 0.25) is 5.95 Å². The highest BCUT2D eigenvalue weighted by atomic mass is 35.5. The number of nitrogens with zero attached hydrogens (tertiary/aromatic N) is 1. The molecule has 2 aromatic rings. The summed E-state index contributed by atoms with van der Waals surface area (Å²) in [6.07, 6.45) is 2.53. The average Bonchev–Trinajstić information content (AvgIpc) is 2.41. The third-order valence-electron chi connectivity index (χ3n) is 2.30. The Hall–Kier alpha value is -1.92. The Kier molecular flexibility index (Phi) is 4.36. The molecule has 4 nitrogen and oxygen atoms in total. The number of hydrogen-bond acceptors (Lipinski definition) is 3. The van der Waals surface area contributed by atoms with Crippen LogP contribution in [0.2, 0.25) is 5.02 Å². The quantitative estimate of drug-likeness (QED) is 0.881. The van der Waals surface area contributed by atoms with E-state index in [1.54, 1.807) is 24.3 Å². The second-order valence-electron chi connectivity index (χ2n) is 3.87. The lowest BCUT2D eigenvalue weighted by molar-refractivity contribution is 0.584. The van der Waals surface area contributed by atoms with Crippen LogP contribution in [-0.2, 0) is 10.0 Å². The Bertz CT molecular complexity index is 713. The van der Waals surface area contributed by atoms with Gasteiger partial charge in [0.05, 0.1) is 17.3 Å². The molecule has 7 heteroatoms. The highest BCUT2D eigenvalue weighted by Crippen LogP contribution is 2.13. The third kappa shape index (κ3) is 4.32. The van der Waals surface area contributed by atoms with Gasteiger partial charge in [0, 0.05) is 5.02 Å². The molecule has 0 amide bonds. The number of pyridine rings is 1. The van der Waals surface area contributed by atoms with E-state index in [0.717, 1.165) is 17.7 Å². The molecule has 0 aliphatic heterocycles. The van der Waals surface area contributed by atoms with Crippen molar-refractivity contribution in [2.45, 2.75) is 0 Å². The maximum Gasteiger partial charge on any atom is 0.255 e. The predicted molar refractivity (Wildman–Crippen MR) is 77.2 cm³/mol. The Labute approximate surface area is 121 Å². The van der Waals surface area contributed by atoms with E-state index in [9.17, 15) is 12.8 Å². The van der Waals surface area contributed by atoms with Crippen LogP contribution in [-0.4, -0.2) is 13.4 Å². The summed E-state index contributed by atoms with van der Waals surface area (Å²) in [5.74, 6) is -0.676. The van der Waals surface area contributed by atoms with E-state index in [0.29, 0.717) is 10.6 Å². The molecule has 0 fully saturated rings. The zero-order chi connectivity index (χ0) is 14.6.